The van der Waals surface area contributed by atoms with Crippen molar-refractivity contribution in [2.75, 3.05) is 0 Å². The molecule has 0 amide bonds. The molecule has 0 fully saturated rings. The van der Waals surface area contributed by atoms with E-state index in [9.17, 15) is 13.2 Å². The normalized spacial score (nSPS) is 11.1. The van der Waals surface area contributed by atoms with Crippen molar-refractivity contribution in [3.8, 4) is 0 Å². The summed E-state index contributed by atoms with van der Waals surface area (Å²) >= 11 is 0. The van der Waals surface area contributed by atoms with E-state index >= 15 is 0 Å². The highest BCUT2D eigenvalue weighted by atomic mass is 19.1. The summed E-state index contributed by atoms with van der Waals surface area (Å²) in [4.78, 5) is 0. The van der Waals surface area contributed by atoms with Crippen LogP contribution in [-0.2, 0) is 0 Å². The summed E-state index contributed by atoms with van der Waals surface area (Å²) in [5.74, 6) is -2.60. The van der Waals surface area contributed by atoms with Gasteiger partial charge in [0.15, 0.2) is 0 Å². The Labute approximate surface area is 81.8 Å². The van der Waals surface area contributed by atoms with Gasteiger partial charge in [-0.25, -0.2) is 13.2 Å². The lowest BCUT2D eigenvalue weighted by Crippen LogP contribution is -2.06. The fraction of sp³-hybridized carbons (Fsp3) is 0.455. The Hall–Kier alpha value is -0.990. The lowest BCUT2D eigenvalue weighted by molar-refractivity contribution is 0.495. The van der Waals surface area contributed by atoms with E-state index < -0.39 is 17.5 Å². The van der Waals surface area contributed by atoms with Gasteiger partial charge >= 0.3 is 0 Å². The minimum atomic E-state index is -0.788. The first-order valence-electron chi connectivity index (χ1n) is 4.51. The quantitative estimate of drug-likeness (QED) is 0.649. The fourth-order valence-electron chi connectivity index (χ4n) is 1.48. The average molecular weight is 202 g/mol. The molecule has 0 atom stereocenters. The van der Waals surface area contributed by atoms with E-state index in [1.54, 1.807) is 13.8 Å². The Bertz CT molecular complexity index is 338. The molecule has 0 unspecified atom stereocenters. The molecular weight excluding hydrogens is 189 g/mol. The topological polar surface area (TPSA) is 0 Å². The zero-order chi connectivity index (χ0) is 11.0. The molecule has 0 N–H and O–H groups in total. The van der Waals surface area contributed by atoms with Crippen LogP contribution in [0.15, 0.2) is 0 Å². The van der Waals surface area contributed by atoms with Crippen molar-refractivity contribution < 1.29 is 13.2 Å². The van der Waals surface area contributed by atoms with Crippen molar-refractivity contribution in [3.05, 3.63) is 34.1 Å². The smallest absolute Gasteiger partial charge is 0.135 e. The average Bonchev–Trinajstić information content (AvgIpc) is 2.11. The molecule has 1 aromatic rings. The third kappa shape index (κ3) is 1.51. The molecule has 0 bridgehead atoms. The maximum absolute atomic E-state index is 13.5. The molecule has 0 aromatic heterocycles. The van der Waals surface area contributed by atoms with Gasteiger partial charge in [-0.2, -0.15) is 0 Å². The molecule has 0 saturated heterocycles. The molecule has 0 spiro atoms. The SMILES string of the molecule is Cc1c(F)c(C)c(F)c(C(C)C)c1F. The zero-order valence-electron chi connectivity index (χ0n) is 8.71. The summed E-state index contributed by atoms with van der Waals surface area (Å²) in [6.07, 6.45) is 0. The van der Waals surface area contributed by atoms with Gasteiger partial charge in [0.05, 0.1) is 0 Å². The molecule has 1 aromatic carbocycles. The van der Waals surface area contributed by atoms with Gasteiger partial charge < -0.3 is 0 Å². The highest BCUT2D eigenvalue weighted by molar-refractivity contribution is 5.35. The van der Waals surface area contributed by atoms with Crippen LogP contribution in [0.25, 0.3) is 0 Å². The van der Waals surface area contributed by atoms with Crippen LogP contribution in [0.3, 0.4) is 0 Å². The van der Waals surface area contributed by atoms with Crippen LogP contribution in [-0.4, -0.2) is 0 Å². The van der Waals surface area contributed by atoms with Crippen molar-refractivity contribution in [1.82, 2.24) is 0 Å². The second-order valence-corrected chi connectivity index (χ2v) is 3.76. The van der Waals surface area contributed by atoms with Crippen LogP contribution in [0, 0.1) is 31.3 Å². The Kier molecular flexibility index (Phi) is 2.88. The Morgan fingerprint density at radius 3 is 1.43 bits per heavy atom. The molecule has 0 aliphatic heterocycles. The summed E-state index contributed by atoms with van der Waals surface area (Å²) in [6, 6.07) is 0. The minimum Gasteiger partial charge on any atom is -0.206 e. The Morgan fingerprint density at radius 2 is 1.14 bits per heavy atom. The Balaban J connectivity index is 3.60. The van der Waals surface area contributed by atoms with Gasteiger partial charge in [-0.3, -0.25) is 0 Å². The second kappa shape index (κ2) is 3.64. The monoisotopic (exact) mass is 202 g/mol. The van der Waals surface area contributed by atoms with E-state index in [1.165, 1.54) is 13.8 Å². The molecule has 0 saturated carbocycles. The third-order valence-electron chi connectivity index (χ3n) is 2.37. The van der Waals surface area contributed by atoms with E-state index in [0.717, 1.165) is 0 Å². The minimum absolute atomic E-state index is 0.0265. The van der Waals surface area contributed by atoms with Crippen LogP contribution < -0.4 is 0 Å². The van der Waals surface area contributed by atoms with Gasteiger partial charge in [-0.05, 0) is 19.8 Å². The van der Waals surface area contributed by atoms with Gasteiger partial charge in [0, 0.05) is 16.7 Å². The van der Waals surface area contributed by atoms with E-state index in [-0.39, 0.29) is 22.6 Å². The summed E-state index contributed by atoms with van der Waals surface area (Å²) in [6.45, 7) is 6.00. The van der Waals surface area contributed by atoms with Crippen molar-refractivity contribution in [2.24, 2.45) is 0 Å². The van der Waals surface area contributed by atoms with E-state index in [4.69, 9.17) is 0 Å². The maximum Gasteiger partial charge on any atom is 0.135 e. The van der Waals surface area contributed by atoms with Crippen molar-refractivity contribution in [1.29, 1.82) is 0 Å². The van der Waals surface area contributed by atoms with Crippen LogP contribution in [0.2, 0.25) is 0 Å². The van der Waals surface area contributed by atoms with Gasteiger partial charge in [0.2, 0.25) is 0 Å². The molecule has 0 aliphatic rings. The predicted octanol–water partition coefficient (Wildman–Crippen LogP) is 3.84. The number of halogens is 3. The van der Waals surface area contributed by atoms with Gasteiger partial charge in [-0.1, -0.05) is 13.8 Å². The van der Waals surface area contributed by atoms with Gasteiger partial charge in [0.25, 0.3) is 0 Å². The van der Waals surface area contributed by atoms with E-state index in [2.05, 4.69) is 0 Å². The third-order valence-corrected chi connectivity index (χ3v) is 2.37. The lowest BCUT2D eigenvalue weighted by Gasteiger charge is -2.13. The summed E-state index contributed by atoms with van der Waals surface area (Å²) in [5, 5.41) is 0. The van der Waals surface area contributed by atoms with Crippen LogP contribution >= 0.6 is 0 Å². The molecule has 3 heteroatoms. The number of hydrogen-bond donors (Lipinski definition) is 0. The van der Waals surface area contributed by atoms with Crippen molar-refractivity contribution in [2.45, 2.75) is 33.6 Å². The number of rotatable bonds is 1. The van der Waals surface area contributed by atoms with Crippen molar-refractivity contribution in [3.63, 3.8) is 0 Å². The summed E-state index contributed by atoms with van der Waals surface area (Å²) in [5.41, 5.74) is -0.235. The van der Waals surface area contributed by atoms with Crippen molar-refractivity contribution >= 4 is 0 Å². The standard InChI is InChI=1S/C11H13F3/c1-5(2)8-10(13)6(3)9(12)7(4)11(8)14/h5H,1-4H3. The molecule has 0 radical (unpaired) electrons. The number of hydrogen-bond acceptors (Lipinski definition) is 0. The second-order valence-electron chi connectivity index (χ2n) is 3.76. The molecular formula is C11H13F3. The molecule has 14 heavy (non-hydrogen) atoms. The van der Waals surface area contributed by atoms with Crippen LogP contribution in [0.4, 0.5) is 13.2 Å². The van der Waals surface area contributed by atoms with Crippen LogP contribution in [0.1, 0.15) is 36.5 Å². The first kappa shape index (κ1) is 11.1. The van der Waals surface area contributed by atoms with Gasteiger partial charge in [0.1, 0.15) is 17.5 Å². The lowest BCUT2D eigenvalue weighted by atomic mass is 9.96. The highest BCUT2D eigenvalue weighted by Gasteiger charge is 2.21. The molecule has 1 rings (SSSR count). The van der Waals surface area contributed by atoms with E-state index in [0.29, 0.717) is 0 Å². The largest absolute Gasteiger partial charge is 0.206 e. The Morgan fingerprint density at radius 1 is 0.786 bits per heavy atom. The molecule has 78 valence electrons. The predicted molar refractivity (Wildman–Crippen MR) is 49.9 cm³/mol. The van der Waals surface area contributed by atoms with Gasteiger partial charge in [-0.15, -0.1) is 0 Å². The highest BCUT2D eigenvalue weighted by Crippen LogP contribution is 2.29. The fourth-order valence-corrected chi connectivity index (χ4v) is 1.48. The first-order chi connectivity index (χ1) is 6.37. The maximum atomic E-state index is 13.5. The summed E-state index contributed by atoms with van der Waals surface area (Å²) < 4.78 is 40.2. The summed E-state index contributed by atoms with van der Waals surface area (Å²) in [7, 11) is 0. The van der Waals surface area contributed by atoms with E-state index in [1.807, 2.05) is 0 Å². The molecule has 0 aliphatic carbocycles. The first-order valence-corrected chi connectivity index (χ1v) is 4.51. The van der Waals surface area contributed by atoms with Crippen LogP contribution in [0.5, 0.6) is 0 Å². The molecule has 0 nitrogen and oxygen atoms in total. The zero-order valence-corrected chi connectivity index (χ0v) is 8.71. The number of benzene rings is 1. The molecule has 0 heterocycles.